The first kappa shape index (κ1) is 14.1. The lowest BCUT2D eigenvalue weighted by Gasteiger charge is -2.34. The Morgan fingerprint density at radius 2 is 2.32 bits per heavy atom. The molecule has 0 aromatic carbocycles. The maximum atomic E-state index is 10.5. The van der Waals surface area contributed by atoms with Gasteiger partial charge in [-0.3, -0.25) is 4.79 Å². The third-order valence-electron chi connectivity index (χ3n) is 3.13. The Bertz CT molecular complexity index is 445. The normalized spacial score (nSPS) is 22.2. The molecule has 1 saturated carbocycles. The van der Waals surface area contributed by atoms with Crippen LogP contribution in [0.5, 0.6) is 0 Å². The molecule has 0 unspecified atom stereocenters. The fourth-order valence-corrected chi connectivity index (χ4v) is 2.74. The van der Waals surface area contributed by atoms with Crippen molar-refractivity contribution in [2.24, 2.45) is 5.92 Å². The minimum Gasteiger partial charge on any atom is -0.481 e. The lowest BCUT2D eigenvalue weighted by Crippen LogP contribution is -2.33. The molecule has 1 aliphatic rings. The van der Waals surface area contributed by atoms with Crippen LogP contribution in [0.15, 0.2) is 5.16 Å². The molecule has 2 rings (SSSR count). The Labute approximate surface area is 115 Å². The number of nitrogens with two attached hydrogens (primary N) is 1. The number of nitrogen functional groups attached to an aromatic ring is 1. The minimum atomic E-state index is -0.895. The number of ether oxygens (including phenoxy) is 1. The predicted octanol–water partition coefficient (Wildman–Crippen LogP) is 0.526. The van der Waals surface area contributed by atoms with Gasteiger partial charge in [0.1, 0.15) is 0 Å². The summed E-state index contributed by atoms with van der Waals surface area (Å²) < 4.78 is 6.89. The second-order valence-electron chi connectivity index (χ2n) is 4.57. The molecule has 0 radical (unpaired) electrons. The van der Waals surface area contributed by atoms with Gasteiger partial charge >= 0.3 is 5.97 Å². The predicted molar refractivity (Wildman–Crippen MR) is 70.4 cm³/mol. The van der Waals surface area contributed by atoms with Crippen molar-refractivity contribution < 1.29 is 14.6 Å². The van der Waals surface area contributed by atoms with Gasteiger partial charge in [-0.25, -0.2) is 4.68 Å². The van der Waals surface area contributed by atoms with E-state index in [1.165, 1.54) is 4.68 Å². The van der Waals surface area contributed by atoms with Crippen LogP contribution in [0.4, 0.5) is 0 Å². The van der Waals surface area contributed by atoms with Gasteiger partial charge in [-0.1, -0.05) is 11.8 Å². The van der Waals surface area contributed by atoms with Gasteiger partial charge in [0.05, 0.1) is 11.9 Å². The molecule has 0 atom stereocenters. The average molecular weight is 286 g/mol. The van der Waals surface area contributed by atoms with Gasteiger partial charge in [0.15, 0.2) is 5.82 Å². The molecule has 19 heavy (non-hydrogen) atoms. The van der Waals surface area contributed by atoms with E-state index in [1.54, 1.807) is 0 Å². The van der Waals surface area contributed by atoms with E-state index >= 15 is 0 Å². The van der Waals surface area contributed by atoms with E-state index < -0.39 is 5.97 Å². The number of rotatable bonds is 7. The molecule has 0 amide bonds. The van der Waals surface area contributed by atoms with Crippen LogP contribution in [-0.4, -0.2) is 44.4 Å². The van der Waals surface area contributed by atoms with Crippen molar-refractivity contribution in [3.63, 3.8) is 0 Å². The van der Waals surface area contributed by atoms with Crippen molar-refractivity contribution in [1.82, 2.24) is 14.9 Å². The number of aromatic nitrogens is 3. The highest BCUT2D eigenvalue weighted by Crippen LogP contribution is 2.32. The third kappa shape index (κ3) is 3.60. The molecule has 0 spiro atoms. The van der Waals surface area contributed by atoms with Crippen molar-refractivity contribution in [1.29, 1.82) is 0 Å². The highest BCUT2D eigenvalue weighted by atomic mass is 32.2. The number of carboxylic acid groups (broad SMARTS) is 1. The molecule has 106 valence electrons. The topological polar surface area (TPSA) is 103 Å². The Balaban J connectivity index is 1.83. The summed E-state index contributed by atoms with van der Waals surface area (Å²) in [6.45, 7) is 2.75. The van der Waals surface area contributed by atoms with Crippen LogP contribution < -0.4 is 5.84 Å². The summed E-state index contributed by atoms with van der Waals surface area (Å²) in [7, 11) is 0. The Hall–Kier alpha value is -1.28. The van der Waals surface area contributed by atoms with Crippen LogP contribution >= 0.6 is 11.8 Å². The molecular formula is C11H18N4O3S. The van der Waals surface area contributed by atoms with E-state index in [9.17, 15) is 4.79 Å². The van der Waals surface area contributed by atoms with E-state index in [0.717, 1.165) is 37.6 Å². The summed E-state index contributed by atoms with van der Waals surface area (Å²) in [6, 6.07) is 0. The number of carbonyl (C=O) groups is 1. The van der Waals surface area contributed by atoms with Crippen LogP contribution in [0, 0.1) is 5.92 Å². The Kier molecular flexibility index (Phi) is 4.65. The maximum absolute atomic E-state index is 10.5. The second kappa shape index (κ2) is 6.25. The van der Waals surface area contributed by atoms with Gasteiger partial charge in [0, 0.05) is 13.0 Å². The van der Waals surface area contributed by atoms with E-state index in [0.29, 0.717) is 23.0 Å². The van der Waals surface area contributed by atoms with Gasteiger partial charge in [-0.15, -0.1) is 10.2 Å². The summed E-state index contributed by atoms with van der Waals surface area (Å²) in [6.07, 6.45) is 3.18. The molecule has 0 aliphatic heterocycles. The highest BCUT2D eigenvalue weighted by Gasteiger charge is 2.31. The molecule has 8 heteroatoms. The van der Waals surface area contributed by atoms with Crippen LogP contribution in [0.25, 0.3) is 0 Å². The molecule has 1 aromatic rings. The van der Waals surface area contributed by atoms with Gasteiger partial charge in [0.25, 0.3) is 0 Å². The summed E-state index contributed by atoms with van der Waals surface area (Å²) in [4.78, 5) is 10.5. The number of hydrogen-bond acceptors (Lipinski definition) is 6. The van der Waals surface area contributed by atoms with Gasteiger partial charge in [-0.2, -0.15) is 0 Å². The third-order valence-corrected chi connectivity index (χ3v) is 4.05. The van der Waals surface area contributed by atoms with Crippen molar-refractivity contribution in [3.8, 4) is 0 Å². The zero-order valence-corrected chi connectivity index (χ0v) is 11.6. The van der Waals surface area contributed by atoms with Crippen molar-refractivity contribution >= 4 is 17.7 Å². The SMILES string of the molecule is CCOC1CC(Cc2nnc(SCC(=O)O)n2N)C1. The highest BCUT2D eigenvalue weighted by molar-refractivity contribution is 7.99. The molecule has 1 aromatic heterocycles. The van der Waals surface area contributed by atoms with Gasteiger partial charge < -0.3 is 15.7 Å². The van der Waals surface area contributed by atoms with Crippen LogP contribution in [0.3, 0.4) is 0 Å². The van der Waals surface area contributed by atoms with Crippen molar-refractivity contribution in [3.05, 3.63) is 5.82 Å². The summed E-state index contributed by atoms with van der Waals surface area (Å²) in [5.41, 5.74) is 0. The smallest absolute Gasteiger partial charge is 0.313 e. The monoisotopic (exact) mass is 286 g/mol. The van der Waals surface area contributed by atoms with Crippen molar-refractivity contribution in [2.75, 3.05) is 18.2 Å². The molecular weight excluding hydrogens is 268 g/mol. The summed E-state index contributed by atoms with van der Waals surface area (Å²) in [5, 5.41) is 17.0. The van der Waals surface area contributed by atoms with E-state index in [1.807, 2.05) is 6.92 Å². The Morgan fingerprint density at radius 3 is 2.95 bits per heavy atom. The molecule has 1 aliphatic carbocycles. The fraction of sp³-hybridized carbons (Fsp3) is 0.727. The number of hydrogen-bond donors (Lipinski definition) is 2. The zero-order chi connectivity index (χ0) is 13.8. The van der Waals surface area contributed by atoms with Gasteiger partial charge in [0.2, 0.25) is 5.16 Å². The number of carboxylic acids is 1. The molecule has 1 fully saturated rings. The number of thioether (sulfide) groups is 1. The largest absolute Gasteiger partial charge is 0.481 e. The van der Waals surface area contributed by atoms with E-state index in [-0.39, 0.29) is 5.75 Å². The fourth-order valence-electron chi connectivity index (χ4n) is 2.14. The minimum absolute atomic E-state index is 0.0643. The van der Waals surface area contributed by atoms with Crippen LogP contribution in [-0.2, 0) is 16.0 Å². The lowest BCUT2D eigenvalue weighted by molar-refractivity contribution is -0.133. The average Bonchev–Trinajstić information content (AvgIpc) is 2.65. The van der Waals surface area contributed by atoms with Crippen molar-refractivity contribution in [2.45, 2.75) is 37.4 Å². The molecule has 7 nitrogen and oxygen atoms in total. The first-order chi connectivity index (χ1) is 9.10. The number of nitrogens with zero attached hydrogens (tertiary/aromatic N) is 3. The molecule has 1 heterocycles. The first-order valence-corrected chi connectivity index (χ1v) is 7.24. The molecule has 0 saturated heterocycles. The standard InChI is InChI=1S/C11H18N4O3S/c1-2-18-8-3-7(4-8)5-9-13-14-11(15(9)12)19-6-10(16)17/h7-8H,2-6,12H2,1H3,(H,16,17). The number of aliphatic carboxylic acids is 1. The zero-order valence-electron chi connectivity index (χ0n) is 10.8. The Morgan fingerprint density at radius 1 is 1.58 bits per heavy atom. The summed E-state index contributed by atoms with van der Waals surface area (Å²) >= 11 is 1.08. The van der Waals surface area contributed by atoms with Gasteiger partial charge in [-0.05, 0) is 25.7 Å². The second-order valence-corrected chi connectivity index (χ2v) is 5.51. The molecule has 3 N–H and O–H groups in total. The summed E-state index contributed by atoms with van der Waals surface area (Å²) in [5.74, 6) is 6.13. The first-order valence-electron chi connectivity index (χ1n) is 6.25. The maximum Gasteiger partial charge on any atom is 0.313 e. The van der Waals surface area contributed by atoms with Crippen LogP contribution in [0.2, 0.25) is 0 Å². The lowest BCUT2D eigenvalue weighted by atomic mass is 9.80. The van der Waals surface area contributed by atoms with Crippen LogP contribution in [0.1, 0.15) is 25.6 Å². The van der Waals surface area contributed by atoms with E-state index in [4.69, 9.17) is 15.7 Å². The molecule has 0 bridgehead atoms. The quantitative estimate of drug-likeness (QED) is 0.556. The van der Waals surface area contributed by atoms with E-state index in [2.05, 4.69) is 10.2 Å².